The molecule has 2 heterocycles. The molecule has 0 unspecified atom stereocenters. The van der Waals surface area contributed by atoms with Gasteiger partial charge in [-0.25, -0.2) is 4.98 Å². The van der Waals surface area contributed by atoms with Gasteiger partial charge in [0.1, 0.15) is 24.0 Å². The van der Waals surface area contributed by atoms with Crippen molar-refractivity contribution in [3.63, 3.8) is 0 Å². The summed E-state index contributed by atoms with van der Waals surface area (Å²) in [4.78, 5) is 4.32. The summed E-state index contributed by atoms with van der Waals surface area (Å²) in [6, 6.07) is 4.76. The van der Waals surface area contributed by atoms with Gasteiger partial charge in [-0.3, -0.25) is 0 Å². The molecule has 0 atom stereocenters. The Hall–Kier alpha value is -0.623. The lowest BCUT2D eigenvalue weighted by molar-refractivity contribution is 0.0902. The van der Waals surface area contributed by atoms with Crippen molar-refractivity contribution >= 4 is 53.3 Å². The number of nitriles is 1. The molecule has 7 heteroatoms. The van der Waals surface area contributed by atoms with Crippen molar-refractivity contribution in [1.29, 1.82) is 5.26 Å². The average molecular weight is 434 g/mol. The molecule has 0 saturated carbocycles. The van der Waals surface area contributed by atoms with Gasteiger partial charge in [0.05, 0.1) is 14.1 Å². The Morgan fingerprint density at radius 2 is 2.19 bits per heavy atom. The van der Waals surface area contributed by atoms with Crippen LogP contribution in [0.2, 0.25) is 30.7 Å². The molecule has 21 heavy (non-hydrogen) atoms. The third-order valence-electron chi connectivity index (χ3n) is 3.07. The van der Waals surface area contributed by atoms with Crippen molar-refractivity contribution in [2.24, 2.45) is 0 Å². The lowest BCUT2D eigenvalue weighted by atomic mass is 10.3. The molecule has 0 spiro atoms. The predicted molar refractivity (Wildman–Crippen MR) is 96.3 cm³/mol. The number of halogens is 2. The minimum absolute atomic E-state index is 0.336. The molecule has 0 fully saturated rings. The predicted octanol–water partition coefficient (Wildman–Crippen LogP) is 4.48. The smallest absolute Gasteiger partial charge is 0.142 e. The number of rotatable bonds is 5. The molecule has 0 saturated heterocycles. The molecule has 0 aliphatic rings. The van der Waals surface area contributed by atoms with Crippen LogP contribution in [0.25, 0.3) is 11.0 Å². The zero-order valence-electron chi connectivity index (χ0n) is 12.3. The van der Waals surface area contributed by atoms with Crippen LogP contribution < -0.4 is 0 Å². The maximum Gasteiger partial charge on any atom is 0.142 e. The van der Waals surface area contributed by atoms with Crippen LogP contribution in [0.5, 0.6) is 0 Å². The first-order valence-electron chi connectivity index (χ1n) is 6.64. The third kappa shape index (κ3) is 4.19. The second-order valence-corrected chi connectivity index (χ2v) is 13.3. The number of hydrogen-bond donors (Lipinski definition) is 0. The Bertz CT molecular complexity index is 703. The Morgan fingerprint density at radius 1 is 1.48 bits per heavy atom. The Labute approximate surface area is 144 Å². The number of ether oxygens (including phenoxy) is 1. The van der Waals surface area contributed by atoms with Crippen LogP contribution in [-0.2, 0) is 11.5 Å². The van der Waals surface area contributed by atoms with Crippen LogP contribution in [0.15, 0.2) is 12.3 Å². The van der Waals surface area contributed by atoms with Crippen molar-refractivity contribution in [3.8, 4) is 6.07 Å². The summed E-state index contributed by atoms with van der Waals surface area (Å²) in [5, 5.41) is 9.50. The highest BCUT2D eigenvalue weighted by Crippen LogP contribution is 2.28. The van der Waals surface area contributed by atoms with Gasteiger partial charge in [-0.15, -0.1) is 0 Å². The highest BCUT2D eigenvalue weighted by molar-refractivity contribution is 14.1. The van der Waals surface area contributed by atoms with E-state index in [0.717, 1.165) is 27.3 Å². The normalized spacial score (nSPS) is 11.8. The molecule has 0 radical (unpaired) electrons. The molecule has 4 nitrogen and oxygen atoms in total. The summed E-state index contributed by atoms with van der Waals surface area (Å²) >= 11 is 8.48. The van der Waals surface area contributed by atoms with E-state index in [1.54, 1.807) is 6.07 Å². The zero-order chi connectivity index (χ0) is 15.6. The van der Waals surface area contributed by atoms with Gasteiger partial charge in [0, 0.05) is 20.9 Å². The number of pyridine rings is 1. The summed E-state index contributed by atoms with van der Waals surface area (Å²) < 4.78 is 8.70. The lowest BCUT2D eigenvalue weighted by Crippen LogP contribution is -2.22. The van der Waals surface area contributed by atoms with Crippen LogP contribution in [0.1, 0.15) is 5.69 Å². The van der Waals surface area contributed by atoms with Gasteiger partial charge in [0.15, 0.2) is 0 Å². The summed E-state index contributed by atoms with van der Waals surface area (Å²) in [5.41, 5.74) is 1.92. The molecule has 2 rings (SSSR count). The topological polar surface area (TPSA) is 50.8 Å². The first-order valence-corrected chi connectivity index (χ1v) is 11.8. The van der Waals surface area contributed by atoms with Crippen LogP contribution in [-0.4, -0.2) is 24.2 Å². The highest BCUT2D eigenvalue weighted by Gasteiger charge is 2.15. The zero-order valence-corrected chi connectivity index (χ0v) is 16.2. The van der Waals surface area contributed by atoms with Crippen molar-refractivity contribution in [2.45, 2.75) is 32.4 Å². The second-order valence-electron chi connectivity index (χ2n) is 6.09. The van der Waals surface area contributed by atoms with E-state index in [-0.39, 0.29) is 0 Å². The van der Waals surface area contributed by atoms with E-state index in [1.807, 2.05) is 16.8 Å². The first-order chi connectivity index (χ1) is 9.81. The first kappa shape index (κ1) is 16.7. The number of nitrogens with zero attached hydrogens (tertiary/aromatic N) is 3. The highest BCUT2D eigenvalue weighted by atomic mass is 127. The number of fused-ring (bicyclic) bond motifs is 1. The molecule has 0 N–H and O–H groups in total. The molecular formula is C14H17ClIN3OSi. The molecule has 0 aliphatic heterocycles. The van der Waals surface area contributed by atoms with E-state index < -0.39 is 8.07 Å². The molecule has 112 valence electrons. The summed E-state index contributed by atoms with van der Waals surface area (Å²) in [5.74, 6) is 0. The van der Waals surface area contributed by atoms with Crippen molar-refractivity contribution in [2.75, 3.05) is 6.61 Å². The summed E-state index contributed by atoms with van der Waals surface area (Å²) in [7, 11) is -1.08. The monoisotopic (exact) mass is 433 g/mol. The maximum absolute atomic E-state index is 8.97. The Kier molecular flexibility index (Phi) is 5.30. The molecule has 0 bridgehead atoms. The SMILES string of the molecule is C[Si](C)(C)CCOCn1cc(I)c2nc(C#N)cc(Cl)c21. The van der Waals surface area contributed by atoms with Crippen LogP contribution in [0.3, 0.4) is 0 Å². The number of hydrogen-bond acceptors (Lipinski definition) is 3. The van der Waals surface area contributed by atoms with E-state index in [9.17, 15) is 0 Å². The van der Waals surface area contributed by atoms with Gasteiger partial charge < -0.3 is 9.30 Å². The molecule has 0 amide bonds. The van der Waals surface area contributed by atoms with Gasteiger partial charge in [0.2, 0.25) is 0 Å². The van der Waals surface area contributed by atoms with Gasteiger partial charge in [-0.05, 0) is 34.7 Å². The molecule has 2 aromatic heterocycles. The quantitative estimate of drug-likeness (QED) is 0.397. The van der Waals surface area contributed by atoms with Crippen LogP contribution in [0, 0.1) is 14.9 Å². The average Bonchev–Trinajstić information content (AvgIpc) is 2.71. The van der Waals surface area contributed by atoms with Crippen molar-refractivity contribution in [3.05, 3.63) is 26.5 Å². The maximum atomic E-state index is 8.97. The van der Waals surface area contributed by atoms with Gasteiger partial charge >= 0.3 is 0 Å². The second kappa shape index (κ2) is 6.65. The van der Waals surface area contributed by atoms with E-state index in [1.165, 1.54) is 0 Å². The van der Waals surface area contributed by atoms with E-state index in [2.05, 4.69) is 47.2 Å². The van der Waals surface area contributed by atoms with Gasteiger partial charge in [-0.2, -0.15) is 5.26 Å². The Morgan fingerprint density at radius 3 is 2.81 bits per heavy atom. The van der Waals surface area contributed by atoms with Crippen molar-refractivity contribution in [1.82, 2.24) is 9.55 Å². The largest absolute Gasteiger partial charge is 0.361 e. The lowest BCUT2D eigenvalue weighted by Gasteiger charge is -2.15. The fourth-order valence-corrected chi connectivity index (χ4v) is 3.68. The molecule has 0 aromatic carbocycles. The minimum atomic E-state index is -1.08. The molecule has 0 aliphatic carbocycles. The van der Waals surface area contributed by atoms with Gasteiger partial charge in [-0.1, -0.05) is 31.2 Å². The van der Waals surface area contributed by atoms with Crippen molar-refractivity contribution < 1.29 is 4.74 Å². The van der Waals surface area contributed by atoms with E-state index in [4.69, 9.17) is 21.6 Å². The standard InChI is InChI=1S/C14H17ClIN3OSi/c1-21(2,3)5-4-20-9-19-8-12(16)13-14(19)11(15)6-10(7-17)18-13/h6,8H,4-5,9H2,1-3H3. The van der Waals surface area contributed by atoms with Crippen LogP contribution >= 0.6 is 34.2 Å². The summed E-state index contributed by atoms with van der Waals surface area (Å²) in [6.07, 6.45) is 1.96. The third-order valence-corrected chi connectivity index (χ3v) is 5.85. The van der Waals surface area contributed by atoms with E-state index in [0.29, 0.717) is 17.4 Å². The van der Waals surface area contributed by atoms with Crippen LogP contribution in [0.4, 0.5) is 0 Å². The summed E-state index contributed by atoms with van der Waals surface area (Å²) in [6.45, 7) is 8.20. The van der Waals surface area contributed by atoms with E-state index >= 15 is 0 Å². The minimum Gasteiger partial charge on any atom is -0.361 e. The number of aromatic nitrogens is 2. The molecule has 2 aromatic rings. The fourth-order valence-electron chi connectivity index (χ4n) is 1.91. The van der Waals surface area contributed by atoms with Gasteiger partial charge in [0.25, 0.3) is 0 Å². The Balaban J connectivity index is 2.20. The fraction of sp³-hybridized carbons (Fsp3) is 0.429. The molecular weight excluding hydrogens is 417 g/mol.